The highest BCUT2D eigenvalue weighted by atomic mass is 16.5. The largest absolute Gasteiger partial charge is 0.480 e. The number of carbonyl (C=O) groups excluding carboxylic acids is 1. The average Bonchev–Trinajstić information content (AvgIpc) is 1.98. The number of carboxylic acid groups (broad SMARTS) is 1. The second kappa shape index (κ2) is 4.55. The molecule has 0 bridgehead atoms. The van der Waals surface area contributed by atoms with E-state index in [0.29, 0.717) is 0 Å². The molecule has 0 saturated carbocycles. The van der Waals surface area contributed by atoms with Gasteiger partial charge in [0.05, 0.1) is 13.2 Å². The first-order valence-electron chi connectivity index (χ1n) is 3.24. The molecule has 0 fully saturated rings. The van der Waals surface area contributed by atoms with E-state index >= 15 is 0 Å². The van der Waals surface area contributed by atoms with Gasteiger partial charge in [0.2, 0.25) is 0 Å². The SMILES string of the molecule is COC(=O)N[C@@H](C(=O)O)[C@H](C)O. The fourth-order valence-electron chi connectivity index (χ4n) is 0.575. The lowest BCUT2D eigenvalue weighted by atomic mass is 10.2. The van der Waals surface area contributed by atoms with Gasteiger partial charge in [-0.05, 0) is 6.92 Å². The van der Waals surface area contributed by atoms with Gasteiger partial charge >= 0.3 is 12.1 Å². The van der Waals surface area contributed by atoms with Crippen LogP contribution in [0.5, 0.6) is 0 Å². The quantitative estimate of drug-likeness (QED) is 0.523. The number of methoxy groups -OCH3 is 1. The summed E-state index contributed by atoms with van der Waals surface area (Å²) in [6, 6.07) is -1.34. The van der Waals surface area contributed by atoms with E-state index in [-0.39, 0.29) is 0 Å². The Morgan fingerprint density at radius 1 is 1.50 bits per heavy atom. The second-order valence-corrected chi connectivity index (χ2v) is 2.19. The summed E-state index contributed by atoms with van der Waals surface area (Å²) in [5, 5.41) is 19.3. The van der Waals surface area contributed by atoms with Crippen LogP contribution in [0.1, 0.15) is 6.92 Å². The predicted molar refractivity (Wildman–Crippen MR) is 38.6 cm³/mol. The van der Waals surface area contributed by atoms with Crippen molar-refractivity contribution in [2.75, 3.05) is 7.11 Å². The van der Waals surface area contributed by atoms with E-state index in [0.717, 1.165) is 7.11 Å². The number of rotatable bonds is 3. The van der Waals surface area contributed by atoms with E-state index in [1.165, 1.54) is 6.92 Å². The predicted octanol–water partition coefficient (Wildman–Crippen LogP) is -0.824. The van der Waals surface area contributed by atoms with Gasteiger partial charge < -0.3 is 20.3 Å². The molecule has 0 unspecified atom stereocenters. The Labute approximate surface area is 69.1 Å². The van der Waals surface area contributed by atoms with Crippen molar-refractivity contribution in [1.29, 1.82) is 0 Å². The molecule has 0 aromatic heterocycles. The van der Waals surface area contributed by atoms with Crippen LogP contribution in [0.4, 0.5) is 4.79 Å². The number of alkyl carbamates (subject to hydrolysis) is 1. The molecular formula is C6H11NO5. The number of hydrogen-bond acceptors (Lipinski definition) is 4. The van der Waals surface area contributed by atoms with Crippen LogP contribution in [0.3, 0.4) is 0 Å². The number of hydrogen-bond donors (Lipinski definition) is 3. The van der Waals surface area contributed by atoms with Crippen molar-refractivity contribution < 1.29 is 24.5 Å². The van der Waals surface area contributed by atoms with E-state index in [1.54, 1.807) is 0 Å². The standard InChI is InChI=1S/C6H11NO5/c1-3(8)4(5(9)10)7-6(11)12-2/h3-4,8H,1-2H3,(H,7,11)(H,9,10)/t3-,4+/m0/s1. The molecule has 0 aliphatic heterocycles. The van der Waals surface area contributed by atoms with Crippen molar-refractivity contribution in [3.63, 3.8) is 0 Å². The molecule has 0 saturated heterocycles. The minimum atomic E-state index is -1.34. The van der Waals surface area contributed by atoms with Crippen LogP contribution in [-0.4, -0.2) is 41.5 Å². The molecule has 12 heavy (non-hydrogen) atoms. The molecule has 0 aliphatic carbocycles. The maximum Gasteiger partial charge on any atom is 0.407 e. The van der Waals surface area contributed by atoms with Crippen molar-refractivity contribution in [2.24, 2.45) is 0 Å². The lowest BCUT2D eigenvalue weighted by Crippen LogP contribution is -2.47. The lowest BCUT2D eigenvalue weighted by Gasteiger charge is -2.15. The summed E-state index contributed by atoms with van der Waals surface area (Å²) in [5.74, 6) is -1.31. The van der Waals surface area contributed by atoms with Crippen molar-refractivity contribution in [3.8, 4) is 0 Å². The van der Waals surface area contributed by atoms with E-state index < -0.39 is 24.2 Å². The molecule has 0 aromatic rings. The highest BCUT2D eigenvalue weighted by Crippen LogP contribution is 1.93. The van der Waals surface area contributed by atoms with Gasteiger partial charge in [0.15, 0.2) is 6.04 Å². The van der Waals surface area contributed by atoms with Crippen molar-refractivity contribution in [3.05, 3.63) is 0 Å². The molecule has 6 nitrogen and oxygen atoms in total. The van der Waals surface area contributed by atoms with E-state index in [2.05, 4.69) is 4.74 Å². The Morgan fingerprint density at radius 3 is 2.25 bits per heavy atom. The van der Waals surface area contributed by atoms with Gasteiger partial charge in [0.25, 0.3) is 0 Å². The minimum Gasteiger partial charge on any atom is -0.480 e. The molecule has 6 heteroatoms. The number of aliphatic hydroxyl groups excluding tert-OH is 1. The maximum absolute atomic E-state index is 10.5. The molecular weight excluding hydrogens is 166 g/mol. The third kappa shape index (κ3) is 3.20. The van der Waals surface area contributed by atoms with Gasteiger partial charge in [-0.2, -0.15) is 0 Å². The monoisotopic (exact) mass is 177 g/mol. The third-order valence-corrected chi connectivity index (χ3v) is 1.21. The lowest BCUT2D eigenvalue weighted by molar-refractivity contribution is -0.141. The Kier molecular flexibility index (Phi) is 4.06. The molecule has 0 spiro atoms. The molecule has 0 rings (SSSR count). The fraction of sp³-hybridized carbons (Fsp3) is 0.667. The zero-order valence-electron chi connectivity index (χ0n) is 6.77. The molecule has 2 atom stereocenters. The number of nitrogens with one attached hydrogen (secondary N) is 1. The zero-order chi connectivity index (χ0) is 9.72. The van der Waals surface area contributed by atoms with Gasteiger partial charge in [-0.3, -0.25) is 0 Å². The molecule has 0 radical (unpaired) electrons. The third-order valence-electron chi connectivity index (χ3n) is 1.21. The van der Waals surface area contributed by atoms with Crippen LogP contribution >= 0.6 is 0 Å². The van der Waals surface area contributed by atoms with Crippen LogP contribution in [0, 0.1) is 0 Å². The molecule has 0 aliphatic rings. The summed E-state index contributed by atoms with van der Waals surface area (Å²) in [7, 11) is 1.11. The van der Waals surface area contributed by atoms with Gasteiger partial charge in [-0.1, -0.05) is 0 Å². The normalized spacial score (nSPS) is 14.6. The Balaban J connectivity index is 4.14. The maximum atomic E-state index is 10.5. The smallest absolute Gasteiger partial charge is 0.407 e. The number of carbonyl (C=O) groups is 2. The van der Waals surface area contributed by atoms with E-state index in [4.69, 9.17) is 10.2 Å². The van der Waals surface area contributed by atoms with E-state index in [1.807, 2.05) is 5.32 Å². The summed E-state index contributed by atoms with van der Waals surface area (Å²) >= 11 is 0. The summed E-state index contributed by atoms with van der Waals surface area (Å²) in [6.45, 7) is 1.26. The molecule has 70 valence electrons. The minimum absolute atomic E-state index is 0.886. The molecule has 1 amide bonds. The Hall–Kier alpha value is -1.30. The summed E-state index contributed by atoms with van der Waals surface area (Å²) in [4.78, 5) is 20.9. The van der Waals surface area contributed by atoms with Gasteiger partial charge in [0.1, 0.15) is 0 Å². The number of carboxylic acids is 1. The Morgan fingerprint density at radius 2 is 2.00 bits per heavy atom. The molecule has 0 heterocycles. The first-order chi connectivity index (χ1) is 5.49. The van der Waals surface area contributed by atoms with Crippen LogP contribution in [0.15, 0.2) is 0 Å². The van der Waals surface area contributed by atoms with Crippen molar-refractivity contribution >= 4 is 12.1 Å². The molecule has 0 aromatic carbocycles. The van der Waals surface area contributed by atoms with Gasteiger partial charge in [-0.15, -0.1) is 0 Å². The first-order valence-corrected chi connectivity index (χ1v) is 3.24. The number of aliphatic carboxylic acids is 1. The highest BCUT2D eigenvalue weighted by Gasteiger charge is 2.24. The van der Waals surface area contributed by atoms with Crippen LogP contribution < -0.4 is 5.32 Å². The summed E-state index contributed by atoms with van der Waals surface area (Å²) in [6.07, 6.45) is -2.05. The van der Waals surface area contributed by atoms with Crippen LogP contribution in [0.25, 0.3) is 0 Å². The zero-order valence-corrected chi connectivity index (χ0v) is 6.77. The van der Waals surface area contributed by atoms with Gasteiger partial charge in [0, 0.05) is 0 Å². The van der Waals surface area contributed by atoms with Crippen molar-refractivity contribution in [2.45, 2.75) is 19.1 Å². The molecule has 3 N–H and O–H groups in total. The Bertz CT molecular complexity index is 179. The van der Waals surface area contributed by atoms with Crippen LogP contribution in [-0.2, 0) is 9.53 Å². The van der Waals surface area contributed by atoms with Crippen molar-refractivity contribution in [1.82, 2.24) is 5.32 Å². The summed E-state index contributed by atoms with van der Waals surface area (Å²) < 4.78 is 4.16. The second-order valence-electron chi connectivity index (χ2n) is 2.19. The van der Waals surface area contributed by atoms with Gasteiger partial charge in [-0.25, -0.2) is 9.59 Å². The average molecular weight is 177 g/mol. The number of ether oxygens (including phenoxy) is 1. The fourth-order valence-corrected chi connectivity index (χ4v) is 0.575. The topological polar surface area (TPSA) is 95.9 Å². The van der Waals surface area contributed by atoms with Crippen LogP contribution in [0.2, 0.25) is 0 Å². The summed E-state index contributed by atoms with van der Waals surface area (Å²) in [5.41, 5.74) is 0. The number of aliphatic hydroxyl groups is 1. The number of amides is 1. The van der Waals surface area contributed by atoms with E-state index in [9.17, 15) is 9.59 Å². The first kappa shape index (κ1) is 10.7. The highest BCUT2D eigenvalue weighted by molar-refractivity contribution is 5.80.